The molecule has 0 aliphatic rings. The highest BCUT2D eigenvalue weighted by molar-refractivity contribution is 7.20. The molecule has 0 atom stereocenters. The first-order chi connectivity index (χ1) is 8.70. The van der Waals surface area contributed by atoms with Gasteiger partial charge in [-0.25, -0.2) is 4.98 Å². The van der Waals surface area contributed by atoms with Gasteiger partial charge in [0.25, 0.3) is 0 Å². The molecule has 0 spiro atoms. The number of carbonyl (C=O) groups excluding carboxylic acids is 1. The first-order valence-corrected chi connectivity index (χ1v) is 6.34. The zero-order valence-electron chi connectivity index (χ0n) is 9.92. The number of carbonyl (C=O) groups is 1. The number of nitrogens with two attached hydrogens (primary N) is 1. The lowest BCUT2D eigenvalue weighted by atomic mass is 10.3. The van der Waals surface area contributed by atoms with Crippen molar-refractivity contribution in [2.75, 3.05) is 13.2 Å². The molecule has 1 aromatic heterocycles. The van der Waals surface area contributed by atoms with Crippen LogP contribution in [-0.4, -0.2) is 29.9 Å². The molecule has 0 saturated carbocycles. The Morgan fingerprint density at radius 1 is 1.50 bits per heavy atom. The van der Waals surface area contributed by atoms with Crippen LogP contribution in [0.4, 0.5) is 0 Å². The average molecular weight is 263 g/mol. The van der Waals surface area contributed by atoms with E-state index in [0.717, 1.165) is 10.2 Å². The van der Waals surface area contributed by atoms with Gasteiger partial charge in [0.1, 0.15) is 6.54 Å². The second kappa shape index (κ2) is 5.59. The Bertz CT molecular complexity index is 559. The Balaban J connectivity index is 2.15. The lowest BCUT2D eigenvalue weighted by Gasteiger charge is -1.98. The van der Waals surface area contributed by atoms with Crippen LogP contribution in [0.1, 0.15) is 11.9 Å². The summed E-state index contributed by atoms with van der Waals surface area (Å²) in [7, 11) is 0. The average Bonchev–Trinajstić information content (AvgIpc) is 2.80. The molecule has 0 fully saturated rings. The van der Waals surface area contributed by atoms with Crippen molar-refractivity contribution in [1.29, 1.82) is 0 Å². The van der Waals surface area contributed by atoms with Crippen LogP contribution in [0.25, 0.3) is 10.2 Å². The van der Waals surface area contributed by atoms with Crippen LogP contribution in [0.5, 0.6) is 0 Å². The highest BCUT2D eigenvalue weighted by Gasteiger charge is 2.07. The van der Waals surface area contributed by atoms with E-state index >= 15 is 0 Å². The number of thiazole rings is 1. The largest absolute Gasteiger partial charge is 0.465 e. The molecule has 5 nitrogen and oxygen atoms in total. The fourth-order valence-electron chi connectivity index (χ4n) is 1.41. The number of para-hydroxylation sites is 1. The van der Waals surface area contributed by atoms with Crippen molar-refractivity contribution >= 4 is 33.4 Å². The second-order valence-corrected chi connectivity index (χ2v) is 4.52. The minimum absolute atomic E-state index is 0.0738. The van der Waals surface area contributed by atoms with Gasteiger partial charge in [-0.05, 0) is 19.1 Å². The molecule has 0 aliphatic heterocycles. The minimum atomic E-state index is -0.387. The second-order valence-electron chi connectivity index (χ2n) is 3.49. The van der Waals surface area contributed by atoms with Crippen molar-refractivity contribution in [3.63, 3.8) is 0 Å². The molecule has 18 heavy (non-hydrogen) atoms. The Labute approximate surface area is 108 Å². The van der Waals surface area contributed by atoms with Crippen molar-refractivity contribution in [3.05, 3.63) is 29.3 Å². The molecule has 0 bridgehead atoms. The molecule has 1 heterocycles. The summed E-state index contributed by atoms with van der Waals surface area (Å²) in [6.45, 7) is 2.02. The number of nitrogens with zero attached hydrogens (tertiary/aromatic N) is 2. The third-order valence-electron chi connectivity index (χ3n) is 2.20. The van der Waals surface area contributed by atoms with Crippen LogP contribution in [0.2, 0.25) is 0 Å². The lowest BCUT2D eigenvalue weighted by Crippen LogP contribution is -2.17. The first-order valence-electron chi connectivity index (χ1n) is 5.52. The van der Waals surface area contributed by atoms with E-state index in [0.29, 0.717) is 11.6 Å². The topological polar surface area (TPSA) is 77.6 Å². The lowest BCUT2D eigenvalue weighted by molar-refractivity contribution is -0.141. The number of rotatable bonds is 4. The summed E-state index contributed by atoms with van der Waals surface area (Å²) in [4.78, 5) is 19.5. The predicted molar refractivity (Wildman–Crippen MR) is 71.8 cm³/mol. The van der Waals surface area contributed by atoms with Crippen LogP contribution >= 0.6 is 11.3 Å². The van der Waals surface area contributed by atoms with E-state index in [-0.39, 0.29) is 18.3 Å². The van der Waals surface area contributed by atoms with Crippen molar-refractivity contribution in [3.8, 4) is 0 Å². The number of amidine groups is 1. The van der Waals surface area contributed by atoms with E-state index in [1.54, 1.807) is 6.92 Å². The molecule has 0 saturated heterocycles. The summed E-state index contributed by atoms with van der Waals surface area (Å²) in [6.07, 6.45) is 0. The third-order valence-corrected chi connectivity index (χ3v) is 3.26. The van der Waals surface area contributed by atoms with Crippen LogP contribution < -0.4 is 5.73 Å². The minimum Gasteiger partial charge on any atom is -0.465 e. The van der Waals surface area contributed by atoms with Gasteiger partial charge in [0, 0.05) is 0 Å². The Hall–Kier alpha value is -1.95. The summed E-state index contributed by atoms with van der Waals surface area (Å²) in [6, 6.07) is 7.73. The van der Waals surface area contributed by atoms with Crippen molar-refractivity contribution in [2.24, 2.45) is 10.7 Å². The Morgan fingerprint density at radius 3 is 3.00 bits per heavy atom. The Morgan fingerprint density at radius 2 is 2.28 bits per heavy atom. The maximum atomic E-state index is 11.1. The number of benzene rings is 1. The highest BCUT2D eigenvalue weighted by Crippen LogP contribution is 2.21. The van der Waals surface area contributed by atoms with E-state index in [2.05, 4.69) is 9.98 Å². The van der Waals surface area contributed by atoms with E-state index in [1.165, 1.54) is 11.3 Å². The number of hydrogen-bond acceptors (Lipinski definition) is 5. The van der Waals surface area contributed by atoms with Crippen LogP contribution in [0, 0.1) is 0 Å². The van der Waals surface area contributed by atoms with E-state index < -0.39 is 0 Å². The Kier molecular flexibility index (Phi) is 3.88. The fraction of sp³-hybridized carbons (Fsp3) is 0.250. The fourth-order valence-corrected chi connectivity index (χ4v) is 2.29. The summed E-state index contributed by atoms with van der Waals surface area (Å²) in [5.74, 6) is -0.120. The van der Waals surface area contributed by atoms with Crippen molar-refractivity contribution < 1.29 is 9.53 Å². The number of ether oxygens (including phenoxy) is 1. The molecule has 1 aromatic carbocycles. The third kappa shape index (κ3) is 2.84. The maximum absolute atomic E-state index is 11.1. The van der Waals surface area contributed by atoms with Gasteiger partial charge < -0.3 is 10.5 Å². The van der Waals surface area contributed by atoms with Gasteiger partial charge >= 0.3 is 5.97 Å². The molecule has 0 unspecified atom stereocenters. The number of hydrogen-bond donors (Lipinski definition) is 1. The highest BCUT2D eigenvalue weighted by atomic mass is 32.1. The summed E-state index contributed by atoms with van der Waals surface area (Å²) in [5, 5.41) is 0.625. The van der Waals surface area contributed by atoms with E-state index in [9.17, 15) is 4.79 Å². The van der Waals surface area contributed by atoms with Gasteiger partial charge in [-0.2, -0.15) is 0 Å². The molecule has 0 radical (unpaired) electrons. The van der Waals surface area contributed by atoms with Crippen LogP contribution in [0.15, 0.2) is 29.3 Å². The summed E-state index contributed by atoms with van der Waals surface area (Å²) < 4.78 is 5.81. The maximum Gasteiger partial charge on any atom is 0.327 e. The molecular weight excluding hydrogens is 250 g/mol. The predicted octanol–water partition coefficient (Wildman–Crippen LogP) is 1.56. The summed E-state index contributed by atoms with van der Waals surface area (Å²) in [5.41, 5.74) is 6.67. The molecule has 2 N–H and O–H groups in total. The van der Waals surface area contributed by atoms with Gasteiger partial charge in [0.2, 0.25) is 0 Å². The van der Waals surface area contributed by atoms with Crippen LogP contribution in [-0.2, 0) is 9.53 Å². The molecule has 2 aromatic rings. The van der Waals surface area contributed by atoms with Crippen molar-refractivity contribution in [1.82, 2.24) is 4.98 Å². The molecule has 0 amide bonds. The molecule has 2 rings (SSSR count). The number of esters is 1. The zero-order valence-corrected chi connectivity index (χ0v) is 10.7. The first kappa shape index (κ1) is 12.5. The molecule has 94 valence electrons. The van der Waals surface area contributed by atoms with Crippen LogP contribution in [0.3, 0.4) is 0 Å². The zero-order chi connectivity index (χ0) is 13.0. The monoisotopic (exact) mass is 263 g/mol. The SMILES string of the molecule is CCOC(=O)CN=C(N)c1nc2ccccc2s1. The van der Waals surface area contributed by atoms with Crippen molar-refractivity contribution in [2.45, 2.75) is 6.92 Å². The molecule has 0 aliphatic carbocycles. The summed E-state index contributed by atoms with van der Waals surface area (Å²) >= 11 is 1.45. The normalized spacial score (nSPS) is 11.7. The van der Waals surface area contributed by atoms with Gasteiger partial charge in [0.15, 0.2) is 10.8 Å². The number of aliphatic imine (C=N–C) groups is 1. The van der Waals surface area contributed by atoms with Gasteiger partial charge in [-0.15, -0.1) is 11.3 Å². The van der Waals surface area contributed by atoms with Gasteiger partial charge in [0.05, 0.1) is 16.8 Å². The number of fused-ring (bicyclic) bond motifs is 1. The quantitative estimate of drug-likeness (QED) is 0.516. The number of aromatic nitrogens is 1. The molecular formula is C12H13N3O2S. The molecule has 6 heteroatoms. The van der Waals surface area contributed by atoms with Gasteiger partial charge in [-0.1, -0.05) is 12.1 Å². The van der Waals surface area contributed by atoms with E-state index in [4.69, 9.17) is 10.5 Å². The smallest absolute Gasteiger partial charge is 0.327 e. The van der Waals surface area contributed by atoms with E-state index in [1.807, 2.05) is 24.3 Å². The standard InChI is InChI=1S/C12H13N3O2S/c1-2-17-10(16)7-14-11(13)12-15-8-5-3-4-6-9(8)18-12/h3-6H,2,7H2,1H3,(H2,13,14). The van der Waals surface area contributed by atoms with Gasteiger partial charge in [-0.3, -0.25) is 9.79 Å².